The highest BCUT2D eigenvalue weighted by molar-refractivity contribution is 5.67. The summed E-state index contributed by atoms with van der Waals surface area (Å²) < 4.78 is 0. The predicted octanol–water partition coefficient (Wildman–Crippen LogP) is 1.97. The van der Waals surface area contributed by atoms with Gasteiger partial charge in [0.05, 0.1) is 0 Å². The van der Waals surface area contributed by atoms with Gasteiger partial charge >= 0.3 is 5.97 Å². The molecule has 2 unspecified atom stereocenters. The minimum Gasteiger partial charge on any atom is -0.481 e. The van der Waals surface area contributed by atoms with Crippen LogP contribution in [-0.2, 0) is 4.79 Å². The highest BCUT2D eigenvalue weighted by atomic mass is 16.4. The third-order valence-electron chi connectivity index (χ3n) is 3.78. The maximum Gasteiger partial charge on any atom is 0.303 e. The second-order valence-corrected chi connectivity index (χ2v) is 5.28. The molecule has 1 N–H and O–H groups in total. The quantitative estimate of drug-likeness (QED) is 0.756. The summed E-state index contributed by atoms with van der Waals surface area (Å²) in [6.07, 6.45) is 5.57. The van der Waals surface area contributed by atoms with Crippen LogP contribution in [0, 0.1) is 11.8 Å². The van der Waals surface area contributed by atoms with E-state index in [0.717, 1.165) is 25.4 Å². The third kappa shape index (κ3) is 3.20. The highest BCUT2D eigenvalue weighted by Crippen LogP contribution is 2.35. The van der Waals surface area contributed by atoms with Crippen LogP contribution in [0.1, 0.15) is 39.0 Å². The van der Waals surface area contributed by atoms with Gasteiger partial charge in [-0.2, -0.15) is 0 Å². The number of carboxylic acids is 1. The van der Waals surface area contributed by atoms with Crippen LogP contribution in [0.5, 0.6) is 0 Å². The topological polar surface area (TPSA) is 40.5 Å². The van der Waals surface area contributed by atoms with Crippen molar-refractivity contribution >= 4 is 5.97 Å². The van der Waals surface area contributed by atoms with Crippen LogP contribution in [0.2, 0.25) is 0 Å². The summed E-state index contributed by atoms with van der Waals surface area (Å²) in [6.45, 7) is 4.40. The molecule has 0 aromatic rings. The van der Waals surface area contributed by atoms with Crippen molar-refractivity contribution in [2.75, 3.05) is 13.1 Å². The van der Waals surface area contributed by atoms with Crippen LogP contribution >= 0.6 is 0 Å². The van der Waals surface area contributed by atoms with Gasteiger partial charge in [-0.3, -0.25) is 4.79 Å². The van der Waals surface area contributed by atoms with Gasteiger partial charge in [0.25, 0.3) is 0 Å². The molecular formula is C12H21NO2. The molecule has 0 amide bonds. The normalized spacial score (nSPS) is 29.3. The Labute approximate surface area is 91.5 Å². The molecule has 0 bridgehead atoms. The molecule has 3 nitrogen and oxygen atoms in total. The van der Waals surface area contributed by atoms with E-state index in [-0.39, 0.29) is 0 Å². The van der Waals surface area contributed by atoms with Crippen LogP contribution in [0.25, 0.3) is 0 Å². The number of rotatable bonds is 5. The predicted molar refractivity (Wildman–Crippen MR) is 58.7 cm³/mol. The van der Waals surface area contributed by atoms with E-state index < -0.39 is 5.97 Å². The van der Waals surface area contributed by atoms with Gasteiger partial charge in [0.2, 0.25) is 0 Å². The molecule has 86 valence electrons. The molecule has 2 fully saturated rings. The smallest absolute Gasteiger partial charge is 0.303 e. The molecule has 2 atom stereocenters. The molecule has 1 heterocycles. The van der Waals surface area contributed by atoms with Crippen molar-refractivity contribution in [1.29, 1.82) is 0 Å². The van der Waals surface area contributed by atoms with Gasteiger partial charge in [-0.1, -0.05) is 12.8 Å². The molecule has 1 aliphatic carbocycles. The Kier molecular flexibility index (Phi) is 3.29. The number of hydrogen-bond acceptors (Lipinski definition) is 2. The van der Waals surface area contributed by atoms with E-state index in [1.807, 2.05) is 0 Å². The summed E-state index contributed by atoms with van der Waals surface area (Å²) in [4.78, 5) is 13.1. The van der Waals surface area contributed by atoms with Crippen molar-refractivity contribution < 1.29 is 9.90 Å². The fourth-order valence-corrected chi connectivity index (χ4v) is 2.66. The van der Waals surface area contributed by atoms with Gasteiger partial charge < -0.3 is 10.0 Å². The summed E-state index contributed by atoms with van der Waals surface area (Å²) in [5.74, 6) is 0.722. The number of likely N-dealkylation sites (tertiary alicyclic amines) is 1. The number of nitrogens with zero attached hydrogens (tertiary/aromatic N) is 1. The Morgan fingerprint density at radius 3 is 2.73 bits per heavy atom. The fraction of sp³-hybridized carbons (Fsp3) is 0.917. The number of hydrogen-bond donors (Lipinski definition) is 1. The zero-order valence-corrected chi connectivity index (χ0v) is 9.48. The first-order valence-corrected chi connectivity index (χ1v) is 6.11. The van der Waals surface area contributed by atoms with Crippen LogP contribution in [0.4, 0.5) is 0 Å². The van der Waals surface area contributed by atoms with E-state index in [2.05, 4.69) is 11.8 Å². The van der Waals surface area contributed by atoms with E-state index in [0.29, 0.717) is 18.4 Å². The summed E-state index contributed by atoms with van der Waals surface area (Å²) in [5, 5.41) is 8.74. The molecule has 0 spiro atoms. The van der Waals surface area contributed by atoms with E-state index in [1.165, 1.54) is 19.3 Å². The summed E-state index contributed by atoms with van der Waals surface area (Å²) in [6, 6.07) is 0.663. The number of carboxylic acid groups (broad SMARTS) is 1. The van der Waals surface area contributed by atoms with Crippen LogP contribution in [-0.4, -0.2) is 35.1 Å². The van der Waals surface area contributed by atoms with Crippen LogP contribution in [0.15, 0.2) is 0 Å². The monoisotopic (exact) mass is 211 g/mol. The third-order valence-corrected chi connectivity index (χ3v) is 3.78. The molecule has 2 rings (SSSR count). The summed E-state index contributed by atoms with van der Waals surface area (Å²) in [5.41, 5.74) is 0. The van der Waals surface area contributed by atoms with Crippen molar-refractivity contribution in [2.45, 2.75) is 45.1 Å². The molecule has 0 radical (unpaired) electrons. The van der Waals surface area contributed by atoms with Gasteiger partial charge in [-0.15, -0.1) is 0 Å². The minimum absolute atomic E-state index is 0.354. The largest absolute Gasteiger partial charge is 0.481 e. The Morgan fingerprint density at radius 1 is 1.40 bits per heavy atom. The lowest BCUT2D eigenvalue weighted by Gasteiger charge is -2.24. The van der Waals surface area contributed by atoms with E-state index in [4.69, 9.17) is 5.11 Å². The second-order valence-electron chi connectivity index (χ2n) is 5.28. The lowest BCUT2D eigenvalue weighted by atomic mass is 10.1. The molecule has 0 aromatic carbocycles. The SMILES string of the molecule is CC(CC1CC1)N1CCC(CC(=O)O)C1. The molecule has 3 heteroatoms. The van der Waals surface area contributed by atoms with Crippen LogP contribution in [0.3, 0.4) is 0 Å². The average molecular weight is 211 g/mol. The summed E-state index contributed by atoms with van der Waals surface area (Å²) >= 11 is 0. The Bertz CT molecular complexity index is 238. The maximum atomic E-state index is 10.6. The Balaban J connectivity index is 1.72. The molecular weight excluding hydrogens is 190 g/mol. The van der Waals surface area contributed by atoms with E-state index in [9.17, 15) is 4.79 Å². The molecule has 2 aliphatic rings. The lowest BCUT2D eigenvalue weighted by molar-refractivity contribution is -0.138. The average Bonchev–Trinajstić information content (AvgIpc) is 2.83. The highest BCUT2D eigenvalue weighted by Gasteiger charge is 2.31. The minimum atomic E-state index is -0.642. The van der Waals surface area contributed by atoms with Gasteiger partial charge in [0, 0.05) is 19.0 Å². The molecule has 15 heavy (non-hydrogen) atoms. The van der Waals surface area contributed by atoms with Gasteiger partial charge in [-0.25, -0.2) is 0 Å². The molecule has 1 saturated heterocycles. The van der Waals surface area contributed by atoms with E-state index in [1.54, 1.807) is 0 Å². The zero-order chi connectivity index (χ0) is 10.8. The van der Waals surface area contributed by atoms with Crippen molar-refractivity contribution in [2.24, 2.45) is 11.8 Å². The first-order chi connectivity index (χ1) is 7.15. The van der Waals surface area contributed by atoms with Crippen molar-refractivity contribution in [3.05, 3.63) is 0 Å². The number of carbonyl (C=O) groups is 1. The second kappa shape index (κ2) is 4.52. The lowest BCUT2D eigenvalue weighted by Crippen LogP contribution is -2.31. The van der Waals surface area contributed by atoms with Gasteiger partial charge in [-0.05, 0) is 38.1 Å². The molecule has 0 aromatic heterocycles. The maximum absolute atomic E-state index is 10.6. The standard InChI is InChI=1S/C12H21NO2/c1-9(6-10-2-3-10)13-5-4-11(8-13)7-12(14)15/h9-11H,2-8H2,1H3,(H,14,15). The molecule has 1 saturated carbocycles. The van der Waals surface area contributed by atoms with Crippen molar-refractivity contribution in [3.8, 4) is 0 Å². The Hall–Kier alpha value is -0.570. The van der Waals surface area contributed by atoms with Crippen molar-refractivity contribution in [3.63, 3.8) is 0 Å². The van der Waals surface area contributed by atoms with Crippen LogP contribution < -0.4 is 0 Å². The first-order valence-electron chi connectivity index (χ1n) is 6.11. The first kappa shape index (κ1) is 10.9. The van der Waals surface area contributed by atoms with Gasteiger partial charge in [0.1, 0.15) is 0 Å². The summed E-state index contributed by atoms with van der Waals surface area (Å²) in [7, 11) is 0. The van der Waals surface area contributed by atoms with Gasteiger partial charge in [0.15, 0.2) is 0 Å². The van der Waals surface area contributed by atoms with E-state index >= 15 is 0 Å². The zero-order valence-electron chi connectivity index (χ0n) is 9.48. The fourth-order valence-electron chi connectivity index (χ4n) is 2.66. The molecule has 1 aliphatic heterocycles. The Morgan fingerprint density at radius 2 is 2.13 bits per heavy atom. The number of aliphatic carboxylic acids is 1. The van der Waals surface area contributed by atoms with Crippen molar-refractivity contribution in [1.82, 2.24) is 4.90 Å².